The van der Waals surface area contributed by atoms with Gasteiger partial charge in [-0.15, -0.1) is 0 Å². The number of β-lactam (4-membered cyclic amide) rings is 1. The Morgan fingerprint density at radius 1 is 0.583 bits per heavy atom. The second-order valence-electron chi connectivity index (χ2n) is 36.8. The van der Waals surface area contributed by atoms with Crippen LogP contribution in [0, 0.1) is 33.5 Å². The summed E-state index contributed by atoms with van der Waals surface area (Å²) >= 11 is 0. The highest BCUT2D eigenvalue weighted by atomic mass is 28.4. The minimum atomic E-state index is -3.39. The predicted molar refractivity (Wildman–Crippen MR) is 462 cm³/mol. The Hall–Kier alpha value is -8.96. The molecule has 127 heavy (non-hydrogen) atoms. The van der Waals surface area contributed by atoms with Crippen molar-refractivity contribution < 1.29 is 159 Å². The second-order valence-corrected chi connectivity index (χ2v) is 41.5. The minimum Gasteiger partial charge on any atom is -0.456 e. The summed E-state index contributed by atoms with van der Waals surface area (Å²) < 4.78 is 225. The van der Waals surface area contributed by atoms with E-state index < -0.39 is 288 Å². The van der Waals surface area contributed by atoms with Crippen LogP contribution in [0.2, 0.25) is 18.1 Å². The van der Waals surface area contributed by atoms with E-state index in [1.807, 2.05) is 30.3 Å². The number of imide groups is 1. The van der Waals surface area contributed by atoms with Gasteiger partial charge in [-0.3, -0.25) is 24.0 Å². The van der Waals surface area contributed by atoms with E-state index in [4.69, 9.17) is 90.7 Å². The highest BCUT2D eigenvalue weighted by Gasteiger charge is 2.81. The summed E-state index contributed by atoms with van der Waals surface area (Å²) in [6.45, 7) is 18.4. The van der Waals surface area contributed by atoms with Crippen LogP contribution in [0.25, 0.3) is 0 Å². The molecule has 694 valence electrons. The van der Waals surface area contributed by atoms with E-state index in [0.29, 0.717) is 0 Å². The molecule has 3 saturated heterocycles. The summed E-state index contributed by atoms with van der Waals surface area (Å²) in [5, 5.41) is 52.4. The number of nitrogens with one attached hydrogen (secondary N) is 1. The number of amides is 3. The quantitative estimate of drug-likeness (QED) is 0.0170. The number of likely N-dealkylation sites (tertiary alicyclic amines) is 1. The van der Waals surface area contributed by atoms with E-state index in [-0.39, 0.29) is 52.0 Å². The zero-order valence-corrected chi connectivity index (χ0v) is 75.2. The fraction of sp³-hybridized carbons (Fsp3) is 0.604. The van der Waals surface area contributed by atoms with E-state index >= 15 is 9.59 Å². The Morgan fingerprint density at radius 2 is 1.00 bits per heavy atom. The molecule has 13 rings (SSSR count). The average molecular weight is 1800 g/mol. The number of benzene rings is 4. The molecule has 6 aliphatic carbocycles. The number of hydrogen-bond acceptors (Lipinski definition) is 28. The number of aliphatic hydroxyl groups excluding tert-OH is 2. The molecule has 7 fully saturated rings. The van der Waals surface area contributed by atoms with Crippen molar-refractivity contribution in [3.05, 3.63) is 166 Å². The molecule has 3 amide bonds. The lowest BCUT2D eigenvalue weighted by Gasteiger charge is -2.67. The van der Waals surface area contributed by atoms with Crippen molar-refractivity contribution in [2.45, 2.75) is 294 Å². The van der Waals surface area contributed by atoms with E-state index in [9.17, 15) is 58.8 Å². The molecule has 0 aromatic heterocycles. The number of nitrogens with zero attached hydrogens (tertiary/aromatic N) is 1. The van der Waals surface area contributed by atoms with Crippen molar-refractivity contribution in [3.63, 3.8) is 0 Å². The third-order valence-corrected chi connectivity index (χ3v) is 32.5. The van der Waals surface area contributed by atoms with Crippen LogP contribution in [0.5, 0.6) is 0 Å². The number of rotatable bonds is 21. The largest absolute Gasteiger partial charge is 0.456 e. The lowest BCUT2D eigenvalue weighted by Crippen LogP contribution is -2.82. The van der Waals surface area contributed by atoms with Crippen LogP contribution in [-0.4, -0.2) is 241 Å². The molecule has 3 aliphatic heterocycles. The zero-order chi connectivity index (χ0) is 109. The molecule has 9 aliphatic rings. The highest BCUT2D eigenvalue weighted by Crippen LogP contribution is 2.67. The number of aliphatic hydroxyl groups is 4. The fourth-order valence-corrected chi connectivity index (χ4v) is 23.7. The predicted octanol–water partition coefficient (Wildman–Crippen LogP) is 11.9. The molecule has 5 N–H and O–H groups in total. The maximum Gasteiger partial charge on any atom is 0.417 e. The second kappa shape index (κ2) is 37.1. The summed E-state index contributed by atoms with van der Waals surface area (Å²) in [4.78, 5) is 140. The number of hydrogen-bond donors (Lipinski definition) is 5. The Kier molecular flexibility index (Phi) is 22.2. The summed E-state index contributed by atoms with van der Waals surface area (Å²) in [5.74, 6) is -11.2. The van der Waals surface area contributed by atoms with Crippen molar-refractivity contribution in [2.24, 2.45) is 33.5 Å². The molecule has 0 spiro atoms. The third kappa shape index (κ3) is 17.6. The number of alkyl carbamates (subject to hydrolysis) is 1. The van der Waals surface area contributed by atoms with Gasteiger partial charge in [-0.25, -0.2) is 28.9 Å². The van der Waals surface area contributed by atoms with Crippen LogP contribution in [0.1, 0.15) is 226 Å². The number of methoxy groups -OCH3 is 4. The summed E-state index contributed by atoms with van der Waals surface area (Å²) in [5.41, 5.74) is -20.0. The van der Waals surface area contributed by atoms with Gasteiger partial charge in [-0.2, -0.15) is 0 Å². The first-order chi connectivity index (χ1) is 66.5. The number of carbonyl (C=O) groups is 10. The molecule has 4 aromatic rings. The molecule has 31 heteroatoms. The molecule has 4 aromatic carbocycles. The first kappa shape index (κ1) is 75.8. The first-order valence-corrected chi connectivity index (χ1v) is 44.8. The molecule has 22 atom stereocenters. The summed E-state index contributed by atoms with van der Waals surface area (Å²) in [6, 6.07) is 32.2. The summed E-state index contributed by atoms with van der Waals surface area (Å²) in [6.07, 6.45) is -24.2. The third-order valence-electron chi connectivity index (χ3n) is 27.9. The SMILES string of the molecule is [2H]C([2H])([2H])C(C)(C)OC(=O)N1C(=O)[C@H](O[Si](CC)(CC)CC)[C@@H]1c1ccccc1.[2H]C([2H])([2H])O[C@H]1C(=O)[C@]2(C)[C@@H](OC([2H])([2H])[2H])C[C@H]3OC[C@@]3(OC(C)=O)[C@H]2[C@H](OC(=O)c2ccccc2)[C@]2(O)C[C@H](O)C(C)=C1C2(C)C.[2H]C([2H])([2H])O[C@H]1C(=O)[C@]2(C)[C@@H](OC([2H])([2H])[2H])C[C@H]3OC[C@@]3(OC(C)=O)[C@H]2[C@H](OC(=O)c2ccccc2)[C@]2(O)C[C@H](OC(=O)[C@H](O)[C@@H](NC(=O)OC(C)(C)C([2H])([2H])[2H])c3ccccc3)C(C)=C1C2(C)C. The van der Waals surface area contributed by atoms with E-state index in [1.54, 1.807) is 30.3 Å². The number of fused-ring (bicyclic) bond motifs is 10. The molecular formula is C96H128N2O28Si. The van der Waals surface area contributed by atoms with Crippen LogP contribution < -0.4 is 5.32 Å². The number of ether oxygens (including phenoxy) is 13. The smallest absolute Gasteiger partial charge is 0.417 e. The van der Waals surface area contributed by atoms with Crippen LogP contribution >= 0.6 is 0 Å². The van der Waals surface area contributed by atoms with Crippen LogP contribution in [-0.2, 0) is 94.8 Å². The average Bonchev–Trinajstić information content (AvgIpc) is 0.668. The Balaban J connectivity index is 0.000000226. The van der Waals surface area contributed by atoms with Crippen molar-refractivity contribution in [2.75, 3.05) is 41.4 Å². The van der Waals surface area contributed by atoms with Crippen molar-refractivity contribution >= 4 is 67.8 Å². The first-order valence-electron chi connectivity index (χ1n) is 51.2. The Bertz CT molecular complexity index is 5540. The molecule has 4 bridgehead atoms. The molecule has 3 heterocycles. The van der Waals surface area contributed by atoms with Crippen molar-refractivity contribution in [1.82, 2.24) is 10.2 Å². The van der Waals surface area contributed by atoms with Gasteiger partial charge >= 0.3 is 42.0 Å². The molecule has 0 radical (unpaired) electrons. The standard InChI is InChI=1S/C45H57NO14.C31H40O10.C20H31NO4Si/c1-24-28(57-39(51)33(48)32(26-17-13-11-14-18-26)46-40(52)60-41(3,4)5)22-45(53)37(58-38(50)27-19-15-12-16-20-27)35-43(8,36(49)34(55-10)31(24)42(45,6)7)29(54-9)21-30-44(35,23-56-30)59-25(2)47;1-16-19(33)14-31(36)26(40-27(35)18-11-9-8-10-12-18)24-29(5,25(34)23(38-7)22(16)28(31,3)4)20(37-6)13-21-30(24,15-39-21)41-17(2)32;1-7-26(8-2,9-3)25-17-16(15-13-11-10-12-14-15)21(18(17)22)19(23)24-20(4,5)6/h11-20,28-30,32-35,37,48,53H,21-23H2,1-10H3,(H,46,52);8-12,19-21,23-24,26,33,36H,13-15H2,1-7H3;10-14,16-17H,7-9H2,1-6H3/t28-,29-,30+,32-,33+,34+,35-,37-,43+,44-,45+;19-,20-,21+,23+,24-,26-,29+,30-,31+;16-,17+/m000/s1/i3D3,9D3,10D3;6D3,7D3;4D3. The monoisotopic (exact) mass is 1800 g/mol. The van der Waals surface area contributed by atoms with E-state index in [1.165, 1.54) is 130 Å². The minimum absolute atomic E-state index is 0.0549. The number of carbonyl (C=O) groups excluding carboxylic acids is 10. The van der Waals surface area contributed by atoms with Gasteiger partial charge in [-0.1, -0.05) is 146 Å². The number of esters is 5. The lowest BCUT2D eigenvalue weighted by atomic mass is 9.44. The number of Topliss-reactive ketones (excluding diaryl/α,β-unsaturated/α-hetero) is 2. The molecular weight excluding hydrogens is 1660 g/mol. The van der Waals surface area contributed by atoms with Gasteiger partial charge in [0.1, 0.15) is 71.2 Å². The zero-order valence-electron chi connectivity index (χ0n) is 92.2. The highest BCUT2D eigenvalue weighted by molar-refractivity contribution is 6.73. The lowest BCUT2D eigenvalue weighted by molar-refractivity contribution is -0.347. The Morgan fingerprint density at radius 3 is 1.41 bits per heavy atom. The van der Waals surface area contributed by atoms with Gasteiger partial charge in [0.2, 0.25) is 0 Å². The maximum absolute atomic E-state index is 15.9. The van der Waals surface area contributed by atoms with Gasteiger partial charge in [-0.05, 0) is 145 Å². The fourth-order valence-electron chi connectivity index (χ4n) is 20.9. The van der Waals surface area contributed by atoms with Gasteiger partial charge < -0.3 is 91.7 Å². The van der Waals surface area contributed by atoms with Crippen LogP contribution in [0.3, 0.4) is 0 Å². The van der Waals surface area contributed by atoms with E-state index in [2.05, 4.69) is 26.1 Å². The van der Waals surface area contributed by atoms with Crippen molar-refractivity contribution in [1.29, 1.82) is 0 Å². The van der Waals surface area contributed by atoms with Crippen molar-refractivity contribution in [3.8, 4) is 0 Å². The Labute approximate surface area is 769 Å². The van der Waals surface area contributed by atoms with E-state index in [0.717, 1.165) is 56.3 Å². The van der Waals surface area contributed by atoms with Crippen LogP contribution in [0.15, 0.2) is 144 Å². The van der Waals surface area contributed by atoms with Gasteiger partial charge in [0.05, 0.1) is 87.8 Å². The molecule has 30 nitrogen and oxygen atoms in total. The van der Waals surface area contributed by atoms with Gasteiger partial charge in [0.25, 0.3) is 5.91 Å². The molecule has 0 unspecified atom stereocenters. The van der Waals surface area contributed by atoms with Gasteiger partial charge in [0, 0.05) is 86.7 Å². The normalized spacial score (nSPS) is 35.8. The molecule has 4 saturated carbocycles. The number of ketones is 2. The summed E-state index contributed by atoms with van der Waals surface area (Å²) in [7, 11) is -15.0. The van der Waals surface area contributed by atoms with Gasteiger partial charge in [0.15, 0.2) is 43.3 Å². The topological polar surface area (TPSA) is 396 Å². The maximum atomic E-state index is 15.9. The van der Waals surface area contributed by atoms with Crippen LogP contribution in [0.4, 0.5) is 9.59 Å².